The molecule has 9 rings (SSSR count). The van der Waals surface area contributed by atoms with Gasteiger partial charge in [0.15, 0.2) is 24.3 Å². The van der Waals surface area contributed by atoms with E-state index in [1.54, 1.807) is 0 Å². The second-order valence-corrected chi connectivity index (χ2v) is 26.1. The lowest BCUT2D eigenvalue weighted by molar-refractivity contribution is -0.400. The van der Waals surface area contributed by atoms with Gasteiger partial charge in [-0.25, -0.2) is 4.79 Å². The number of aliphatic hydroxyl groups excluding tert-OH is 12. The molecule has 27 unspecified atom stereocenters. The van der Waals surface area contributed by atoms with Gasteiger partial charge in [-0.1, -0.05) is 60.1 Å². The molecule has 5 aliphatic carbocycles. The van der Waals surface area contributed by atoms with Crippen LogP contribution in [0.15, 0.2) is 11.6 Å². The van der Waals surface area contributed by atoms with Crippen LogP contribution in [0.3, 0.4) is 0 Å². The van der Waals surface area contributed by atoms with Crippen molar-refractivity contribution >= 4 is 11.9 Å². The highest BCUT2D eigenvalue weighted by Crippen LogP contribution is 2.76. The molecule has 4 aliphatic heterocycles. The molecule has 434 valence electrons. The molecule has 4 saturated carbocycles. The molecule has 27 atom stereocenters. The third kappa shape index (κ3) is 8.87. The molecule has 14 N–H and O–H groups in total. The van der Waals surface area contributed by atoms with E-state index in [1.807, 2.05) is 13.8 Å². The van der Waals surface area contributed by atoms with Crippen molar-refractivity contribution < 1.29 is 114 Å². The molecule has 0 radical (unpaired) electrons. The summed E-state index contributed by atoms with van der Waals surface area (Å²) in [5.41, 5.74) is -4.80. The number of aliphatic carboxylic acids is 1. The molecule has 0 spiro atoms. The van der Waals surface area contributed by atoms with Gasteiger partial charge in [-0.2, -0.15) is 0 Å². The highest BCUT2D eigenvalue weighted by Gasteiger charge is 2.72. The second kappa shape index (κ2) is 20.4. The van der Waals surface area contributed by atoms with Crippen LogP contribution < -0.4 is 0 Å². The van der Waals surface area contributed by atoms with Crippen LogP contribution in [0.25, 0.3) is 0 Å². The van der Waals surface area contributed by atoms with Gasteiger partial charge >= 0.3 is 11.9 Å². The van der Waals surface area contributed by atoms with E-state index in [9.17, 15) is 81.1 Å². The Bertz CT molecular complexity index is 2180. The number of aliphatic hydroxyl groups is 13. The molecule has 0 aromatic carbocycles. The van der Waals surface area contributed by atoms with Crippen molar-refractivity contribution in [2.45, 2.75) is 235 Å². The van der Waals surface area contributed by atoms with E-state index in [-0.39, 0.29) is 39.4 Å². The summed E-state index contributed by atoms with van der Waals surface area (Å²) in [5.74, 6) is -2.54. The minimum Gasteiger partial charge on any atom is -0.479 e. The Labute approximate surface area is 441 Å². The first kappa shape index (κ1) is 58.6. The van der Waals surface area contributed by atoms with E-state index in [2.05, 4.69) is 40.7 Å². The van der Waals surface area contributed by atoms with Gasteiger partial charge in [-0.05, 0) is 109 Å². The average Bonchev–Trinajstić information content (AvgIpc) is 3.39. The predicted octanol–water partition coefficient (Wildman–Crippen LogP) is -1.92. The summed E-state index contributed by atoms with van der Waals surface area (Å²) >= 11 is 0. The van der Waals surface area contributed by atoms with Crippen LogP contribution in [0.2, 0.25) is 0 Å². The molecule has 76 heavy (non-hydrogen) atoms. The van der Waals surface area contributed by atoms with Crippen LogP contribution >= 0.6 is 0 Å². The van der Waals surface area contributed by atoms with Gasteiger partial charge < -0.3 is 105 Å². The lowest BCUT2D eigenvalue weighted by atomic mass is 9.33. The van der Waals surface area contributed by atoms with Crippen LogP contribution in [0.1, 0.15) is 113 Å². The highest BCUT2D eigenvalue weighted by atomic mass is 16.8. The molecule has 0 amide bonds. The molecule has 8 fully saturated rings. The lowest BCUT2D eigenvalue weighted by Gasteiger charge is -2.71. The Morgan fingerprint density at radius 1 is 0.658 bits per heavy atom. The summed E-state index contributed by atoms with van der Waals surface area (Å²) < 4.78 is 41.8. The number of ether oxygens (including phenoxy) is 7. The Morgan fingerprint density at radius 2 is 1.28 bits per heavy atom. The molecule has 4 saturated heterocycles. The number of esters is 1. The van der Waals surface area contributed by atoms with Gasteiger partial charge in [-0.15, -0.1) is 0 Å². The van der Waals surface area contributed by atoms with Gasteiger partial charge in [0.1, 0.15) is 85.5 Å². The summed E-state index contributed by atoms with van der Waals surface area (Å²) in [6, 6.07) is 0. The maximum absolute atomic E-state index is 14.8. The van der Waals surface area contributed by atoms with Gasteiger partial charge in [0.25, 0.3) is 0 Å². The zero-order valence-electron chi connectivity index (χ0n) is 44.4. The van der Waals surface area contributed by atoms with Gasteiger partial charge in [0, 0.05) is 0 Å². The number of allylic oxidation sites excluding steroid dienone is 2. The van der Waals surface area contributed by atoms with Gasteiger partial charge in [0.2, 0.25) is 6.29 Å². The molecular weight excluding hydrogens is 1000 g/mol. The Morgan fingerprint density at radius 3 is 1.92 bits per heavy atom. The monoisotopic (exact) mass is 1090 g/mol. The number of hydrogen-bond donors (Lipinski definition) is 14. The molecule has 23 nitrogen and oxygen atoms in total. The van der Waals surface area contributed by atoms with E-state index < -0.39 is 165 Å². The largest absolute Gasteiger partial charge is 0.479 e. The Kier molecular flexibility index (Phi) is 15.7. The molecule has 0 aromatic heterocycles. The molecule has 0 bridgehead atoms. The van der Waals surface area contributed by atoms with E-state index in [4.69, 9.17) is 33.2 Å². The predicted molar refractivity (Wildman–Crippen MR) is 257 cm³/mol. The lowest BCUT2D eigenvalue weighted by Crippen LogP contribution is -2.78. The summed E-state index contributed by atoms with van der Waals surface area (Å²) in [5, 5.41) is 151. The summed E-state index contributed by atoms with van der Waals surface area (Å²) in [7, 11) is 0. The first-order valence-electron chi connectivity index (χ1n) is 27.2. The minimum absolute atomic E-state index is 0.0329. The van der Waals surface area contributed by atoms with Crippen molar-refractivity contribution in [1.82, 2.24) is 0 Å². The molecular formula is C53H84O23. The number of carbonyl (C=O) groups excluding carboxylic acids is 1. The zero-order chi connectivity index (χ0) is 55.8. The Balaban J connectivity index is 1.00. The number of carboxylic acid groups (broad SMARTS) is 1. The zero-order valence-corrected chi connectivity index (χ0v) is 44.4. The molecule has 9 aliphatic rings. The van der Waals surface area contributed by atoms with Crippen molar-refractivity contribution in [3.63, 3.8) is 0 Å². The van der Waals surface area contributed by atoms with Crippen molar-refractivity contribution in [3.8, 4) is 0 Å². The SMILES string of the molecule is CC1(C)CCC2(C(=O)OC3OC(CO)C(O)C(O)C3O)CCC3(C)C(=CCC4C5(C)CCC(OC6OC(C(=O)O)C(O)(C7OC(CO)C(O)C(O)C7O)C(O)C6OC6OCC(O)C(O)C6O)C(C)(C)C5CCC43C)C2C1. The number of carboxylic acids is 1. The van der Waals surface area contributed by atoms with E-state index in [0.29, 0.717) is 44.9 Å². The molecule has 0 aromatic rings. The second-order valence-electron chi connectivity index (χ2n) is 26.1. The number of hydrogen-bond acceptors (Lipinski definition) is 22. The van der Waals surface area contributed by atoms with Crippen LogP contribution in [-0.2, 0) is 42.7 Å². The fourth-order valence-corrected chi connectivity index (χ4v) is 16.6. The Hall–Kier alpha value is -2.08. The first-order valence-corrected chi connectivity index (χ1v) is 27.2. The normalized spacial score (nSPS) is 53.9. The number of carbonyl (C=O) groups is 2. The fraction of sp³-hybridized carbons (Fsp3) is 0.925. The first-order chi connectivity index (χ1) is 35.4. The summed E-state index contributed by atoms with van der Waals surface area (Å²) in [4.78, 5) is 28.0. The third-order valence-electron chi connectivity index (χ3n) is 21.4. The van der Waals surface area contributed by atoms with Crippen molar-refractivity contribution in [2.24, 2.45) is 50.2 Å². The molecule has 23 heteroatoms. The highest BCUT2D eigenvalue weighted by molar-refractivity contribution is 5.79. The van der Waals surface area contributed by atoms with Crippen molar-refractivity contribution in [1.29, 1.82) is 0 Å². The third-order valence-corrected chi connectivity index (χ3v) is 21.4. The average molecular weight is 1090 g/mol. The summed E-state index contributed by atoms with van der Waals surface area (Å²) in [6.07, 6.45) is -26.1. The van der Waals surface area contributed by atoms with Crippen LogP contribution in [0.5, 0.6) is 0 Å². The van der Waals surface area contributed by atoms with Crippen LogP contribution in [-0.4, -0.2) is 225 Å². The van der Waals surface area contributed by atoms with E-state index >= 15 is 0 Å². The van der Waals surface area contributed by atoms with E-state index in [1.165, 1.54) is 5.57 Å². The van der Waals surface area contributed by atoms with Gasteiger partial charge in [-0.3, -0.25) is 4.79 Å². The molecule has 4 heterocycles. The summed E-state index contributed by atoms with van der Waals surface area (Å²) in [6.45, 7) is 13.3. The number of rotatable bonds is 10. The fourth-order valence-electron chi connectivity index (χ4n) is 16.6. The maximum atomic E-state index is 14.8. The quantitative estimate of drug-likeness (QED) is 0.0644. The van der Waals surface area contributed by atoms with Gasteiger partial charge in [0.05, 0.1) is 31.3 Å². The number of fused-ring (bicyclic) bond motifs is 7. The minimum atomic E-state index is -3.23. The maximum Gasteiger partial charge on any atom is 0.336 e. The van der Waals surface area contributed by atoms with Crippen molar-refractivity contribution in [2.75, 3.05) is 19.8 Å². The van der Waals surface area contributed by atoms with Crippen LogP contribution in [0.4, 0.5) is 0 Å². The van der Waals surface area contributed by atoms with Crippen LogP contribution in [0, 0.1) is 50.2 Å². The standard InChI is InChI=1S/C53H84O23/c1-47(2)14-16-52(46(68)76-44-37(64)34(61)32(59)26(20-55)72-44)17-15-50(6)22(23(52)18-47)8-9-28-49(5)12-11-29(48(3,4)27(49)10-13-51(28,50)7)73-45-38(74-43-36(63)30(57)24(56)21-70-43)39(65)53(69,41(75-45)42(66)67)40-35(62)33(60)31(58)25(19-54)71-40/h8,23-41,43-45,54-65,69H,9-21H2,1-7H3,(H,66,67). The topological polar surface area (TPSA) is 382 Å². The van der Waals surface area contributed by atoms with Crippen molar-refractivity contribution in [3.05, 3.63) is 11.6 Å². The van der Waals surface area contributed by atoms with E-state index in [0.717, 1.165) is 19.3 Å². The smallest absolute Gasteiger partial charge is 0.336 e.